The first-order valence-electron chi connectivity index (χ1n) is 6.73. The first-order chi connectivity index (χ1) is 9.72. The van der Waals surface area contributed by atoms with Crippen LogP contribution >= 0.6 is 0 Å². The SMILES string of the molecule is CC(CCCO)NC(=O)c1cn[nH]c1-c1ccccc1. The molecule has 0 aliphatic heterocycles. The normalized spacial score (nSPS) is 12.1. The highest BCUT2D eigenvalue weighted by molar-refractivity contribution is 5.99. The average Bonchev–Trinajstić information content (AvgIpc) is 2.95. The maximum atomic E-state index is 12.2. The van der Waals surface area contributed by atoms with Gasteiger partial charge in [-0.15, -0.1) is 0 Å². The summed E-state index contributed by atoms with van der Waals surface area (Å²) in [7, 11) is 0. The van der Waals surface area contributed by atoms with Gasteiger partial charge in [-0.2, -0.15) is 5.10 Å². The van der Waals surface area contributed by atoms with Crippen molar-refractivity contribution < 1.29 is 9.90 Å². The molecule has 0 saturated heterocycles. The van der Waals surface area contributed by atoms with Gasteiger partial charge >= 0.3 is 0 Å². The number of hydrogen-bond donors (Lipinski definition) is 3. The predicted molar refractivity (Wildman–Crippen MR) is 77.3 cm³/mol. The van der Waals surface area contributed by atoms with E-state index < -0.39 is 0 Å². The lowest BCUT2D eigenvalue weighted by atomic mass is 10.1. The molecule has 3 N–H and O–H groups in total. The van der Waals surface area contributed by atoms with Gasteiger partial charge in [0.2, 0.25) is 0 Å². The van der Waals surface area contributed by atoms with E-state index in [0.29, 0.717) is 12.0 Å². The monoisotopic (exact) mass is 273 g/mol. The molecule has 1 amide bonds. The molecule has 1 aromatic heterocycles. The van der Waals surface area contributed by atoms with Crippen LogP contribution in [0, 0.1) is 0 Å². The Morgan fingerprint density at radius 3 is 2.85 bits per heavy atom. The molecule has 0 fully saturated rings. The van der Waals surface area contributed by atoms with Crippen molar-refractivity contribution in [3.05, 3.63) is 42.1 Å². The van der Waals surface area contributed by atoms with Gasteiger partial charge in [-0.1, -0.05) is 30.3 Å². The number of hydrogen-bond acceptors (Lipinski definition) is 3. The van der Waals surface area contributed by atoms with Crippen LogP contribution in [-0.4, -0.2) is 33.9 Å². The summed E-state index contributed by atoms with van der Waals surface area (Å²) in [4.78, 5) is 12.2. The van der Waals surface area contributed by atoms with Crippen LogP contribution in [0.3, 0.4) is 0 Å². The fraction of sp³-hybridized carbons (Fsp3) is 0.333. The molecular formula is C15H19N3O2. The highest BCUT2D eigenvalue weighted by Crippen LogP contribution is 2.20. The number of aliphatic hydroxyl groups is 1. The number of nitrogens with zero attached hydrogens (tertiary/aromatic N) is 1. The maximum Gasteiger partial charge on any atom is 0.255 e. The molecule has 1 heterocycles. The Morgan fingerprint density at radius 2 is 2.15 bits per heavy atom. The van der Waals surface area contributed by atoms with Crippen molar-refractivity contribution in [3.63, 3.8) is 0 Å². The van der Waals surface area contributed by atoms with Gasteiger partial charge in [0.25, 0.3) is 5.91 Å². The number of H-pyrrole nitrogens is 1. The molecule has 106 valence electrons. The molecule has 0 aliphatic rings. The number of amides is 1. The van der Waals surface area contributed by atoms with Crippen molar-refractivity contribution >= 4 is 5.91 Å². The highest BCUT2D eigenvalue weighted by atomic mass is 16.3. The lowest BCUT2D eigenvalue weighted by Gasteiger charge is -2.13. The Hall–Kier alpha value is -2.14. The van der Waals surface area contributed by atoms with Gasteiger partial charge in [-0.25, -0.2) is 0 Å². The van der Waals surface area contributed by atoms with Crippen LogP contribution in [0.15, 0.2) is 36.5 Å². The zero-order valence-corrected chi connectivity index (χ0v) is 11.5. The summed E-state index contributed by atoms with van der Waals surface area (Å²) in [6, 6.07) is 9.65. The molecule has 20 heavy (non-hydrogen) atoms. The van der Waals surface area contributed by atoms with Crippen LogP contribution in [-0.2, 0) is 0 Å². The molecule has 0 aliphatic carbocycles. The average molecular weight is 273 g/mol. The van der Waals surface area contributed by atoms with Gasteiger partial charge in [0.15, 0.2) is 0 Å². The summed E-state index contributed by atoms with van der Waals surface area (Å²) in [5, 5.41) is 18.5. The third-order valence-electron chi connectivity index (χ3n) is 3.12. The summed E-state index contributed by atoms with van der Waals surface area (Å²) in [5.41, 5.74) is 2.18. The van der Waals surface area contributed by atoms with Gasteiger partial charge in [0.1, 0.15) is 0 Å². The number of carbonyl (C=O) groups is 1. The van der Waals surface area contributed by atoms with E-state index in [9.17, 15) is 4.79 Å². The molecule has 2 rings (SSSR count). The lowest BCUT2D eigenvalue weighted by molar-refractivity contribution is 0.0937. The Kier molecular flexibility index (Phi) is 4.90. The Morgan fingerprint density at radius 1 is 1.40 bits per heavy atom. The maximum absolute atomic E-state index is 12.2. The standard InChI is InChI=1S/C15H19N3O2/c1-11(6-5-9-19)17-15(20)13-10-16-18-14(13)12-7-3-2-4-8-12/h2-4,7-8,10-11,19H,5-6,9H2,1H3,(H,16,18)(H,17,20). The van der Waals surface area contributed by atoms with Crippen molar-refractivity contribution in [3.8, 4) is 11.3 Å². The number of aromatic nitrogens is 2. The molecule has 2 aromatic rings. The quantitative estimate of drug-likeness (QED) is 0.753. The van der Waals surface area contributed by atoms with Crippen LogP contribution in [0.5, 0.6) is 0 Å². The van der Waals surface area contributed by atoms with E-state index in [2.05, 4.69) is 15.5 Å². The second-order valence-electron chi connectivity index (χ2n) is 4.77. The van der Waals surface area contributed by atoms with E-state index in [1.807, 2.05) is 37.3 Å². The summed E-state index contributed by atoms with van der Waals surface area (Å²) in [6.45, 7) is 2.07. The first kappa shape index (κ1) is 14.3. The second kappa shape index (κ2) is 6.86. The van der Waals surface area contributed by atoms with Crippen LogP contribution in [0.25, 0.3) is 11.3 Å². The zero-order valence-electron chi connectivity index (χ0n) is 11.5. The van der Waals surface area contributed by atoms with Crippen LogP contribution in [0.1, 0.15) is 30.1 Å². The molecule has 5 heteroatoms. The third kappa shape index (κ3) is 3.45. The van der Waals surface area contributed by atoms with E-state index in [4.69, 9.17) is 5.11 Å². The largest absolute Gasteiger partial charge is 0.396 e. The molecule has 0 spiro atoms. The Balaban J connectivity index is 2.10. The minimum absolute atomic E-state index is 0.0215. The van der Waals surface area contributed by atoms with E-state index in [1.54, 1.807) is 0 Å². The van der Waals surface area contributed by atoms with Crippen molar-refractivity contribution in [2.24, 2.45) is 0 Å². The molecule has 1 atom stereocenters. The Bertz CT molecular complexity index is 551. The number of aliphatic hydroxyl groups excluding tert-OH is 1. The highest BCUT2D eigenvalue weighted by Gasteiger charge is 2.16. The van der Waals surface area contributed by atoms with Gasteiger partial charge in [-0.05, 0) is 19.8 Å². The molecule has 5 nitrogen and oxygen atoms in total. The first-order valence-corrected chi connectivity index (χ1v) is 6.73. The summed E-state index contributed by atoms with van der Waals surface area (Å²) in [5.74, 6) is -0.150. The van der Waals surface area contributed by atoms with Crippen molar-refractivity contribution in [2.45, 2.75) is 25.8 Å². The van der Waals surface area contributed by atoms with E-state index in [0.717, 1.165) is 17.7 Å². The number of aromatic amines is 1. The van der Waals surface area contributed by atoms with Crippen molar-refractivity contribution in [2.75, 3.05) is 6.61 Å². The van der Waals surface area contributed by atoms with Gasteiger partial charge in [-0.3, -0.25) is 9.89 Å². The minimum Gasteiger partial charge on any atom is -0.396 e. The summed E-state index contributed by atoms with van der Waals surface area (Å²) < 4.78 is 0. The number of rotatable bonds is 6. The van der Waals surface area contributed by atoms with Crippen LogP contribution in [0.4, 0.5) is 0 Å². The van der Waals surface area contributed by atoms with E-state index in [-0.39, 0.29) is 18.6 Å². The zero-order chi connectivity index (χ0) is 14.4. The second-order valence-corrected chi connectivity index (χ2v) is 4.77. The van der Waals surface area contributed by atoms with E-state index in [1.165, 1.54) is 6.20 Å². The fourth-order valence-corrected chi connectivity index (χ4v) is 2.05. The van der Waals surface area contributed by atoms with Crippen molar-refractivity contribution in [1.82, 2.24) is 15.5 Å². The topological polar surface area (TPSA) is 78.0 Å². The van der Waals surface area contributed by atoms with Crippen molar-refractivity contribution in [1.29, 1.82) is 0 Å². The van der Waals surface area contributed by atoms with Gasteiger partial charge in [0.05, 0.1) is 17.5 Å². The van der Waals surface area contributed by atoms with Crippen LogP contribution < -0.4 is 5.32 Å². The fourth-order valence-electron chi connectivity index (χ4n) is 2.05. The molecular weight excluding hydrogens is 254 g/mol. The van der Waals surface area contributed by atoms with Crippen LogP contribution in [0.2, 0.25) is 0 Å². The Labute approximate surface area is 118 Å². The summed E-state index contributed by atoms with van der Waals surface area (Å²) >= 11 is 0. The molecule has 0 radical (unpaired) electrons. The number of benzene rings is 1. The van der Waals surface area contributed by atoms with Gasteiger partial charge < -0.3 is 10.4 Å². The molecule has 0 saturated carbocycles. The molecule has 0 bridgehead atoms. The lowest BCUT2D eigenvalue weighted by Crippen LogP contribution is -2.32. The smallest absolute Gasteiger partial charge is 0.255 e. The minimum atomic E-state index is -0.150. The van der Waals surface area contributed by atoms with Gasteiger partial charge in [0, 0.05) is 18.2 Å². The molecule has 1 unspecified atom stereocenters. The third-order valence-corrected chi connectivity index (χ3v) is 3.12. The number of carbonyl (C=O) groups excluding carboxylic acids is 1. The van der Waals surface area contributed by atoms with E-state index >= 15 is 0 Å². The summed E-state index contributed by atoms with van der Waals surface area (Å²) in [6.07, 6.45) is 2.97. The molecule has 1 aromatic carbocycles. The predicted octanol–water partition coefficient (Wildman–Crippen LogP) is 1.97. The number of nitrogens with one attached hydrogen (secondary N) is 2.